The van der Waals surface area contributed by atoms with Crippen molar-refractivity contribution < 1.29 is 9.59 Å². The highest BCUT2D eigenvalue weighted by molar-refractivity contribution is 5.95. The number of piperidine rings is 1. The van der Waals surface area contributed by atoms with Gasteiger partial charge in [-0.25, -0.2) is 0 Å². The van der Waals surface area contributed by atoms with Crippen molar-refractivity contribution in [2.24, 2.45) is 5.92 Å². The molecule has 0 N–H and O–H groups in total. The Morgan fingerprint density at radius 1 is 1.07 bits per heavy atom. The molecular weight excluding hydrogens is 336 g/mol. The number of anilines is 1. The molecule has 1 aliphatic rings. The van der Waals surface area contributed by atoms with Crippen molar-refractivity contribution >= 4 is 17.5 Å². The first kappa shape index (κ1) is 19.2. The maximum atomic E-state index is 13.0. The molecule has 3 rings (SSSR count). The van der Waals surface area contributed by atoms with Crippen molar-refractivity contribution in [3.05, 3.63) is 65.2 Å². The lowest BCUT2D eigenvalue weighted by Crippen LogP contribution is -2.46. The monoisotopic (exact) mass is 364 g/mol. The van der Waals surface area contributed by atoms with E-state index in [9.17, 15) is 9.59 Å². The molecule has 1 saturated heterocycles. The van der Waals surface area contributed by atoms with Gasteiger partial charge in [0.15, 0.2) is 0 Å². The molecule has 1 heterocycles. The molecule has 0 radical (unpaired) electrons. The summed E-state index contributed by atoms with van der Waals surface area (Å²) < 4.78 is 0. The Labute approximate surface area is 161 Å². The molecule has 4 heteroatoms. The number of nitrogens with zero attached hydrogens (tertiary/aromatic N) is 2. The predicted octanol–water partition coefficient (Wildman–Crippen LogP) is 3.75. The van der Waals surface area contributed by atoms with Crippen LogP contribution in [0.2, 0.25) is 0 Å². The van der Waals surface area contributed by atoms with Crippen LogP contribution >= 0.6 is 0 Å². The number of carbonyl (C=O) groups is 2. The molecule has 2 aromatic rings. The van der Waals surface area contributed by atoms with Gasteiger partial charge in [-0.15, -0.1) is 0 Å². The van der Waals surface area contributed by atoms with Gasteiger partial charge in [0.2, 0.25) is 11.8 Å². The summed E-state index contributed by atoms with van der Waals surface area (Å²) in [6.07, 6.45) is 2.11. The van der Waals surface area contributed by atoms with Crippen LogP contribution in [0.25, 0.3) is 0 Å². The fourth-order valence-electron chi connectivity index (χ4n) is 3.83. The largest absolute Gasteiger partial charge is 0.342 e. The number of rotatable bonds is 4. The van der Waals surface area contributed by atoms with Gasteiger partial charge >= 0.3 is 0 Å². The third-order valence-corrected chi connectivity index (χ3v) is 5.25. The molecule has 2 aromatic carbocycles. The summed E-state index contributed by atoms with van der Waals surface area (Å²) in [7, 11) is 1.83. The first-order valence-corrected chi connectivity index (χ1v) is 9.61. The predicted molar refractivity (Wildman–Crippen MR) is 109 cm³/mol. The molecule has 1 atom stereocenters. The first-order chi connectivity index (χ1) is 12.9. The Morgan fingerprint density at radius 3 is 2.41 bits per heavy atom. The Hall–Kier alpha value is -2.62. The van der Waals surface area contributed by atoms with Crippen LogP contribution < -0.4 is 4.90 Å². The third kappa shape index (κ3) is 4.76. The lowest BCUT2D eigenvalue weighted by Gasteiger charge is -2.34. The molecule has 4 nitrogen and oxygen atoms in total. The minimum atomic E-state index is -0.135. The molecule has 27 heavy (non-hydrogen) atoms. The lowest BCUT2D eigenvalue weighted by molar-refractivity contribution is -0.134. The van der Waals surface area contributed by atoms with Crippen LogP contribution in [0, 0.1) is 19.8 Å². The van der Waals surface area contributed by atoms with Crippen molar-refractivity contribution in [2.75, 3.05) is 25.0 Å². The zero-order valence-corrected chi connectivity index (χ0v) is 16.4. The minimum absolute atomic E-state index is 0.0946. The van der Waals surface area contributed by atoms with E-state index in [1.165, 1.54) is 0 Å². The highest BCUT2D eigenvalue weighted by Crippen LogP contribution is 2.24. The highest BCUT2D eigenvalue weighted by Gasteiger charge is 2.30. The molecule has 0 spiro atoms. The van der Waals surface area contributed by atoms with Gasteiger partial charge in [0, 0.05) is 25.8 Å². The fourth-order valence-corrected chi connectivity index (χ4v) is 3.83. The van der Waals surface area contributed by atoms with Gasteiger partial charge in [0.25, 0.3) is 0 Å². The molecule has 0 aliphatic carbocycles. The summed E-state index contributed by atoms with van der Waals surface area (Å²) in [4.78, 5) is 29.3. The van der Waals surface area contributed by atoms with Crippen LogP contribution in [-0.2, 0) is 16.0 Å². The topological polar surface area (TPSA) is 40.6 Å². The summed E-state index contributed by atoms with van der Waals surface area (Å²) in [5.41, 5.74) is 4.23. The van der Waals surface area contributed by atoms with Gasteiger partial charge in [0.1, 0.15) is 0 Å². The van der Waals surface area contributed by atoms with E-state index in [1.807, 2.05) is 68.3 Å². The average molecular weight is 364 g/mol. The fraction of sp³-hybridized carbons (Fsp3) is 0.391. The van der Waals surface area contributed by atoms with Crippen molar-refractivity contribution in [1.82, 2.24) is 4.90 Å². The lowest BCUT2D eigenvalue weighted by atomic mass is 9.95. The SMILES string of the molecule is Cc1cc(C)cc(N(C)C(=O)C2CCCN(C(=O)Cc3ccccc3)C2)c1. The van der Waals surface area contributed by atoms with Crippen LogP contribution in [-0.4, -0.2) is 36.9 Å². The van der Waals surface area contributed by atoms with E-state index >= 15 is 0 Å². The summed E-state index contributed by atoms with van der Waals surface area (Å²) in [6, 6.07) is 16.0. The third-order valence-electron chi connectivity index (χ3n) is 5.25. The van der Waals surface area contributed by atoms with Crippen LogP contribution in [0.3, 0.4) is 0 Å². The van der Waals surface area contributed by atoms with Gasteiger partial charge in [0.05, 0.1) is 12.3 Å². The normalized spacial score (nSPS) is 16.9. The number of likely N-dealkylation sites (tertiary alicyclic amines) is 1. The minimum Gasteiger partial charge on any atom is -0.342 e. The summed E-state index contributed by atoms with van der Waals surface area (Å²) in [5, 5.41) is 0. The quantitative estimate of drug-likeness (QED) is 0.829. The Bertz CT molecular complexity index is 796. The second-order valence-corrected chi connectivity index (χ2v) is 7.58. The van der Waals surface area contributed by atoms with Crippen molar-refractivity contribution in [3.8, 4) is 0 Å². The molecule has 0 aromatic heterocycles. The molecule has 1 unspecified atom stereocenters. The van der Waals surface area contributed by atoms with Gasteiger partial charge in [-0.2, -0.15) is 0 Å². The van der Waals surface area contributed by atoms with Crippen molar-refractivity contribution in [3.63, 3.8) is 0 Å². The van der Waals surface area contributed by atoms with Gasteiger partial charge in [-0.1, -0.05) is 36.4 Å². The molecule has 1 aliphatic heterocycles. The standard InChI is InChI=1S/C23H28N2O2/c1-17-12-18(2)14-21(13-17)24(3)23(27)20-10-7-11-25(16-20)22(26)15-19-8-5-4-6-9-19/h4-6,8-9,12-14,20H,7,10-11,15-16H2,1-3H3. The van der Waals surface area contributed by atoms with E-state index in [2.05, 4.69) is 6.07 Å². The van der Waals surface area contributed by atoms with E-state index in [0.29, 0.717) is 13.0 Å². The maximum Gasteiger partial charge on any atom is 0.231 e. The van der Waals surface area contributed by atoms with Crippen LogP contribution in [0.4, 0.5) is 5.69 Å². The van der Waals surface area contributed by atoms with Crippen molar-refractivity contribution in [1.29, 1.82) is 0 Å². The first-order valence-electron chi connectivity index (χ1n) is 9.61. The second kappa shape index (κ2) is 8.38. The zero-order valence-electron chi connectivity index (χ0n) is 16.4. The summed E-state index contributed by atoms with van der Waals surface area (Å²) in [5.74, 6) is 0.0641. The van der Waals surface area contributed by atoms with E-state index in [4.69, 9.17) is 0 Å². The molecule has 2 amide bonds. The van der Waals surface area contributed by atoms with Gasteiger partial charge in [-0.3, -0.25) is 9.59 Å². The zero-order chi connectivity index (χ0) is 19.4. The van der Waals surface area contributed by atoms with Crippen LogP contribution in [0.5, 0.6) is 0 Å². The van der Waals surface area contributed by atoms with E-state index in [1.54, 1.807) is 4.90 Å². The van der Waals surface area contributed by atoms with Gasteiger partial charge in [-0.05, 0) is 55.5 Å². The van der Waals surface area contributed by atoms with E-state index in [-0.39, 0.29) is 17.7 Å². The number of amides is 2. The average Bonchev–Trinajstić information content (AvgIpc) is 2.67. The van der Waals surface area contributed by atoms with Crippen LogP contribution in [0.1, 0.15) is 29.5 Å². The summed E-state index contributed by atoms with van der Waals surface area (Å²) in [6.45, 7) is 5.33. The molecule has 0 bridgehead atoms. The van der Waals surface area contributed by atoms with Crippen molar-refractivity contribution in [2.45, 2.75) is 33.1 Å². The van der Waals surface area contributed by atoms with E-state index in [0.717, 1.165) is 41.8 Å². The molecule has 1 fully saturated rings. The van der Waals surface area contributed by atoms with E-state index < -0.39 is 0 Å². The number of aryl methyl sites for hydroxylation is 2. The Morgan fingerprint density at radius 2 is 1.74 bits per heavy atom. The molecule has 142 valence electrons. The maximum absolute atomic E-state index is 13.0. The second-order valence-electron chi connectivity index (χ2n) is 7.58. The number of hydrogen-bond donors (Lipinski definition) is 0. The van der Waals surface area contributed by atoms with Gasteiger partial charge < -0.3 is 9.80 Å². The number of benzene rings is 2. The molecule has 0 saturated carbocycles. The molecular formula is C23H28N2O2. The Kier molecular flexibility index (Phi) is 5.94. The smallest absolute Gasteiger partial charge is 0.231 e. The summed E-state index contributed by atoms with van der Waals surface area (Å²) >= 11 is 0. The Balaban J connectivity index is 1.66. The number of carbonyl (C=O) groups excluding carboxylic acids is 2. The number of hydrogen-bond acceptors (Lipinski definition) is 2. The van der Waals surface area contributed by atoms with Crippen LogP contribution in [0.15, 0.2) is 48.5 Å². The highest BCUT2D eigenvalue weighted by atomic mass is 16.2.